The first-order valence-electron chi connectivity index (χ1n) is 10.8. The van der Waals surface area contributed by atoms with Crippen LogP contribution in [0.2, 0.25) is 0 Å². The van der Waals surface area contributed by atoms with E-state index in [1.807, 2.05) is 24.3 Å². The summed E-state index contributed by atoms with van der Waals surface area (Å²) in [4.78, 5) is 13.9. The number of fused-ring (bicyclic) bond motifs is 1. The van der Waals surface area contributed by atoms with Gasteiger partial charge in [0.25, 0.3) is 0 Å². The Bertz CT molecular complexity index is 907. The number of benzene rings is 1. The van der Waals surface area contributed by atoms with Gasteiger partial charge >= 0.3 is 5.97 Å². The number of methoxy groups -OCH3 is 1. The van der Waals surface area contributed by atoms with E-state index in [0.29, 0.717) is 38.6 Å². The maximum atomic E-state index is 12.1. The standard InChI is InChI=1S/C24H33N3O4/c1-24(2,3)19-15-18(9-10-23(28)31-14-13-30-12-11-29-4)16-20(17-19)27-25-21-7-5-6-8-22(21)26-27/h5-8,15-16,19H,9-14,17H2,1-4H3. The summed E-state index contributed by atoms with van der Waals surface area (Å²) in [6.07, 6.45) is 6.21. The molecular weight excluding hydrogens is 394 g/mol. The molecule has 0 amide bonds. The van der Waals surface area contributed by atoms with E-state index >= 15 is 0 Å². The third kappa shape index (κ3) is 6.74. The highest BCUT2D eigenvalue weighted by molar-refractivity contribution is 5.74. The molecule has 168 valence electrons. The third-order valence-corrected chi connectivity index (χ3v) is 5.39. The average Bonchev–Trinajstić information content (AvgIpc) is 3.18. The van der Waals surface area contributed by atoms with E-state index in [4.69, 9.17) is 14.2 Å². The summed E-state index contributed by atoms with van der Waals surface area (Å²) in [7, 11) is 1.62. The number of rotatable bonds is 10. The molecule has 1 aliphatic rings. The van der Waals surface area contributed by atoms with Gasteiger partial charge in [-0.1, -0.05) is 39.0 Å². The van der Waals surface area contributed by atoms with Crippen LogP contribution in [0.25, 0.3) is 16.7 Å². The number of hydrogen-bond acceptors (Lipinski definition) is 6. The lowest BCUT2D eigenvalue weighted by molar-refractivity contribution is -0.145. The van der Waals surface area contributed by atoms with Gasteiger partial charge in [0.1, 0.15) is 17.6 Å². The molecule has 1 aromatic heterocycles. The number of hydrogen-bond donors (Lipinski definition) is 0. The summed E-state index contributed by atoms with van der Waals surface area (Å²) in [5.74, 6) is 0.119. The van der Waals surface area contributed by atoms with E-state index in [2.05, 4.69) is 43.1 Å². The van der Waals surface area contributed by atoms with Crippen molar-refractivity contribution >= 4 is 22.7 Å². The third-order valence-electron chi connectivity index (χ3n) is 5.39. The molecule has 1 heterocycles. The van der Waals surface area contributed by atoms with Crippen LogP contribution >= 0.6 is 0 Å². The topological polar surface area (TPSA) is 75.5 Å². The molecule has 1 atom stereocenters. The number of carbonyl (C=O) groups is 1. The molecular formula is C24H33N3O4. The van der Waals surface area contributed by atoms with Gasteiger partial charge in [0.15, 0.2) is 0 Å². The molecule has 0 fully saturated rings. The Labute approximate surface area is 184 Å². The summed E-state index contributed by atoms with van der Waals surface area (Å²) in [5.41, 5.74) is 4.02. The summed E-state index contributed by atoms with van der Waals surface area (Å²) < 4.78 is 15.5. The first-order chi connectivity index (χ1) is 14.9. The smallest absolute Gasteiger partial charge is 0.306 e. The second-order valence-electron chi connectivity index (χ2n) is 8.86. The van der Waals surface area contributed by atoms with Gasteiger partial charge in [-0.15, -0.1) is 10.2 Å². The predicted molar refractivity (Wildman–Crippen MR) is 120 cm³/mol. The zero-order valence-electron chi connectivity index (χ0n) is 19.0. The Balaban J connectivity index is 1.63. The Morgan fingerprint density at radius 3 is 2.42 bits per heavy atom. The maximum absolute atomic E-state index is 12.1. The summed E-state index contributed by atoms with van der Waals surface area (Å²) in [6, 6.07) is 7.87. The highest BCUT2D eigenvalue weighted by Gasteiger charge is 2.28. The van der Waals surface area contributed by atoms with Gasteiger partial charge in [0.2, 0.25) is 0 Å². The second-order valence-corrected chi connectivity index (χ2v) is 8.86. The van der Waals surface area contributed by atoms with E-state index in [9.17, 15) is 4.79 Å². The van der Waals surface area contributed by atoms with Crippen LogP contribution in [0.3, 0.4) is 0 Å². The zero-order valence-corrected chi connectivity index (χ0v) is 19.0. The number of aromatic nitrogens is 3. The highest BCUT2D eigenvalue weighted by atomic mass is 16.6. The van der Waals surface area contributed by atoms with E-state index in [1.165, 1.54) is 0 Å². The number of nitrogens with zero attached hydrogens (tertiary/aromatic N) is 3. The van der Waals surface area contributed by atoms with Gasteiger partial charge in [-0.25, -0.2) is 0 Å². The summed E-state index contributed by atoms with van der Waals surface area (Å²) in [6.45, 7) is 8.38. The van der Waals surface area contributed by atoms with Gasteiger partial charge in [0, 0.05) is 13.5 Å². The van der Waals surface area contributed by atoms with Crippen molar-refractivity contribution in [1.29, 1.82) is 0 Å². The molecule has 0 bridgehead atoms. The quantitative estimate of drug-likeness (QED) is 0.417. The minimum atomic E-state index is -0.216. The minimum absolute atomic E-state index is 0.0946. The van der Waals surface area contributed by atoms with E-state index in [0.717, 1.165) is 28.7 Å². The molecule has 1 aromatic carbocycles. The van der Waals surface area contributed by atoms with Crippen molar-refractivity contribution < 1.29 is 19.0 Å². The van der Waals surface area contributed by atoms with Gasteiger partial charge in [-0.05, 0) is 48.0 Å². The molecule has 0 saturated carbocycles. The van der Waals surface area contributed by atoms with Gasteiger partial charge in [-0.3, -0.25) is 4.79 Å². The zero-order chi connectivity index (χ0) is 22.3. The largest absolute Gasteiger partial charge is 0.463 e. The lowest BCUT2D eigenvalue weighted by Crippen LogP contribution is -2.23. The van der Waals surface area contributed by atoms with Crippen LogP contribution in [-0.4, -0.2) is 54.5 Å². The molecule has 1 aliphatic carbocycles. The SMILES string of the molecule is COCCOCCOC(=O)CCC1=CC(C(C)(C)C)CC(n2nc3ccccc3n2)=C1. The van der Waals surface area contributed by atoms with Crippen molar-refractivity contribution in [2.75, 3.05) is 33.5 Å². The number of esters is 1. The summed E-state index contributed by atoms with van der Waals surface area (Å²) in [5, 5.41) is 9.30. The van der Waals surface area contributed by atoms with Crippen molar-refractivity contribution in [1.82, 2.24) is 15.0 Å². The lowest BCUT2D eigenvalue weighted by atomic mass is 9.75. The van der Waals surface area contributed by atoms with Crippen LogP contribution in [0.5, 0.6) is 0 Å². The number of allylic oxidation sites excluding steroid dienone is 4. The molecule has 0 saturated heterocycles. The van der Waals surface area contributed by atoms with E-state index in [-0.39, 0.29) is 18.0 Å². The number of carbonyl (C=O) groups excluding carboxylic acids is 1. The fraction of sp³-hybridized carbons (Fsp3) is 0.542. The molecule has 3 rings (SSSR count). The van der Waals surface area contributed by atoms with Gasteiger partial charge in [-0.2, -0.15) is 4.80 Å². The van der Waals surface area contributed by atoms with Crippen molar-refractivity contribution in [3.05, 3.63) is 42.0 Å². The first-order valence-corrected chi connectivity index (χ1v) is 10.8. The van der Waals surface area contributed by atoms with Gasteiger partial charge in [0.05, 0.1) is 25.5 Å². The minimum Gasteiger partial charge on any atom is -0.463 e. The molecule has 7 nitrogen and oxygen atoms in total. The number of ether oxygens (including phenoxy) is 3. The molecule has 0 N–H and O–H groups in total. The van der Waals surface area contributed by atoms with Crippen molar-refractivity contribution in [3.63, 3.8) is 0 Å². The van der Waals surface area contributed by atoms with Crippen LogP contribution in [0, 0.1) is 11.3 Å². The first kappa shape index (κ1) is 23.2. The molecule has 0 aliphatic heterocycles. The van der Waals surface area contributed by atoms with Crippen LogP contribution in [0.1, 0.15) is 40.0 Å². The van der Waals surface area contributed by atoms with Crippen LogP contribution in [0.15, 0.2) is 42.0 Å². The molecule has 0 radical (unpaired) electrons. The van der Waals surface area contributed by atoms with Crippen LogP contribution in [0.4, 0.5) is 0 Å². The summed E-state index contributed by atoms with van der Waals surface area (Å²) >= 11 is 0. The fourth-order valence-corrected chi connectivity index (χ4v) is 3.48. The van der Waals surface area contributed by atoms with E-state index in [1.54, 1.807) is 11.9 Å². The molecule has 0 spiro atoms. The maximum Gasteiger partial charge on any atom is 0.306 e. The average molecular weight is 428 g/mol. The van der Waals surface area contributed by atoms with Crippen LogP contribution < -0.4 is 0 Å². The highest BCUT2D eigenvalue weighted by Crippen LogP contribution is 2.38. The monoisotopic (exact) mass is 427 g/mol. The molecule has 2 aromatic rings. The molecule has 1 unspecified atom stereocenters. The van der Waals surface area contributed by atoms with Crippen molar-refractivity contribution in [2.45, 2.75) is 40.0 Å². The Morgan fingerprint density at radius 1 is 1.10 bits per heavy atom. The van der Waals surface area contributed by atoms with Gasteiger partial charge < -0.3 is 14.2 Å². The lowest BCUT2D eigenvalue weighted by Gasteiger charge is -2.32. The van der Waals surface area contributed by atoms with Crippen LogP contribution in [-0.2, 0) is 19.0 Å². The van der Waals surface area contributed by atoms with E-state index < -0.39 is 0 Å². The Kier molecular flexibility index (Phi) is 7.98. The Morgan fingerprint density at radius 2 is 1.77 bits per heavy atom. The second kappa shape index (κ2) is 10.7. The van der Waals surface area contributed by atoms with Crippen molar-refractivity contribution in [2.24, 2.45) is 11.3 Å². The normalized spacial score (nSPS) is 16.8. The van der Waals surface area contributed by atoms with Crippen molar-refractivity contribution in [3.8, 4) is 0 Å². The molecule has 7 heteroatoms. The predicted octanol–water partition coefficient (Wildman–Crippen LogP) is 4.25. The fourth-order valence-electron chi connectivity index (χ4n) is 3.48. The Hall–Kier alpha value is -2.51. The molecule has 31 heavy (non-hydrogen) atoms.